The van der Waals surface area contributed by atoms with Gasteiger partial charge in [0.2, 0.25) is 0 Å². The highest BCUT2D eigenvalue weighted by Crippen LogP contribution is 2.27. The molecule has 108 valence electrons. The number of benzene rings is 1. The molecule has 0 aliphatic rings. The van der Waals surface area contributed by atoms with Gasteiger partial charge in [0.25, 0.3) is 5.91 Å². The van der Waals surface area contributed by atoms with Crippen LogP contribution in [0.1, 0.15) is 38.6 Å². The first-order valence-electron chi connectivity index (χ1n) is 7.00. The number of para-hydroxylation sites is 1. The Hall–Kier alpha value is -2.07. The monoisotopic (exact) mass is 298 g/mol. The van der Waals surface area contributed by atoms with E-state index in [1.165, 1.54) is 15.3 Å². The van der Waals surface area contributed by atoms with Crippen LogP contribution < -0.4 is 5.32 Å². The van der Waals surface area contributed by atoms with Crippen LogP contribution in [0.3, 0.4) is 0 Å². The highest BCUT2D eigenvalue weighted by atomic mass is 32.1. The van der Waals surface area contributed by atoms with E-state index in [0.29, 0.717) is 5.56 Å². The Morgan fingerprint density at radius 2 is 2.05 bits per heavy atom. The van der Waals surface area contributed by atoms with Gasteiger partial charge in [-0.2, -0.15) is 0 Å². The quantitative estimate of drug-likeness (QED) is 0.742. The fourth-order valence-electron chi connectivity index (χ4n) is 2.69. The van der Waals surface area contributed by atoms with Crippen LogP contribution in [0.5, 0.6) is 0 Å². The molecule has 0 radical (unpaired) electrons. The molecule has 1 amide bonds. The normalized spacial score (nSPS) is 12.5. The Kier molecular flexibility index (Phi) is 3.55. The van der Waals surface area contributed by atoms with Crippen molar-refractivity contribution in [2.24, 2.45) is 0 Å². The van der Waals surface area contributed by atoms with Crippen molar-refractivity contribution >= 4 is 28.1 Å². The van der Waals surface area contributed by atoms with Crippen molar-refractivity contribution in [2.45, 2.75) is 26.8 Å². The maximum absolute atomic E-state index is 12.5. The van der Waals surface area contributed by atoms with Gasteiger partial charge in [-0.25, -0.2) is 0 Å². The van der Waals surface area contributed by atoms with E-state index in [1.807, 2.05) is 31.2 Å². The zero-order valence-corrected chi connectivity index (χ0v) is 13.2. The first-order valence-corrected chi connectivity index (χ1v) is 7.82. The molecule has 1 atom stereocenters. The minimum atomic E-state index is -0.0387. The zero-order chi connectivity index (χ0) is 15.0. The second-order valence-corrected chi connectivity index (χ2v) is 6.77. The molecule has 1 aromatic carbocycles. The predicted molar refractivity (Wildman–Crippen MR) is 88.0 cm³/mol. The smallest absolute Gasteiger partial charge is 0.253 e. The maximum Gasteiger partial charge on any atom is 0.253 e. The standard InChI is InChI=1S/C17H18N2OS/c1-10-8-14(12(3)21-10)11(2)19-17(20)15-9-18-16-7-5-4-6-13(15)16/h4-9,11,18H,1-3H3,(H,19,20). The molecule has 1 unspecified atom stereocenters. The molecule has 3 nitrogen and oxygen atoms in total. The summed E-state index contributed by atoms with van der Waals surface area (Å²) < 4.78 is 0. The number of nitrogens with one attached hydrogen (secondary N) is 2. The summed E-state index contributed by atoms with van der Waals surface area (Å²) in [6.07, 6.45) is 1.78. The van der Waals surface area contributed by atoms with E-state index >= 15 is 0 Å². The molecule has 0 fully saturated rings. The molecule has 21 heavy (non-hydrogen) atoms. The molecule has 2 N–H and O–H groups in total. The number of amides is 1. The van der Waals surface area contributed by atoms with Crippen LogP contribution in [-0.4, -0.2) is 10.9 Å². The number of fused-ring (bicyclic) bond motifs is 1. The molecule has 2 aromatic heterocycles. The van der Waals surface area contributed by atoms with E-state index in [-0.39, 0.29) is 11.9 Å². The van der Waals surface area contributed by atoms with E-state index in [9.17, 15) is 4.79 Å². The lowest BCUT2D eigenvalue weighted by Crippen LogP contribution is -2.26. The molecule has 4 heteroatoms. The summed E-state index contributed by atoms with van der Waals surface area (Å²) in [5.74, 6) is -0.0387. The van der Waals surface area contributed by atoms with Gasteiger partial charge in [0.05, 0.1) is 11.6 Å². The first-order chi connectivity index (χ1) is 10.1. The molecule has 3 rings (SSSR count). The third-order valence-electron chi connectivity index (χ3n) is 3.73. The predicted octanol–water partition coefficient (Wildman–Crippen LogP) is 4.34. The maximum atomic E-state index is 12.5. The Morgan fingerprint density at radius 1 is 1.29 bits per heavy atom. The number of aromatic amines is 1. The van der Waals surface area contributed by atoms with Crippen LogP contribution in [-0.2, 0) is 0 Å². The summed E-state index contributed by atoms with van der Waals surface area (Å²) in [4.78, 5) is 18.2. The Balaban J connectivity index is 1.84. The van der Waals surface area contributed by atoms with Gasteiger partial charge < -0.3 is 10.3 Å². The molecular weight excluding hydrogens is 280 g/mol. The second kappa shape index (κ2) is 5.37. The van der Waals surface area contributed by atoms with Crippen LogP contribution in [0.2, 0.25) is 0 Å². The molecule has 3 aromatic rings. The summed E-state index contributed by atoms with van der Waals surface area (Å²) in [5.41, 5.74) is 2.88. The Labute approximate surface area is 128 Å². The van der Waals surface area contributed by atoms with Crippen molar-refractivity contribution in [1.82, 2.24) is 10.3 Å². The summed E-state index contributed by atoms with van der Waals surface area (Å²) in [6, 6.07) is 10.0. The number of carbonyl (C=O) groups excluding carboxylic acids is 1. The fourth-order valence-corrected chi connectivity index (χ4v) is 3.71. The number of aromatic nitrogens is 1. The Bertz CT molecular complexity index is 800. The first kappa shape index (κ1) is 13.9. The molecule has 0 aliphatic carbocycles. The molecular formula is C17H18N2OS. The van der Waals surface area contributed by atoms with Gasteiger partial charge in [0.15, 0.2) is 0 Å². The topological polar surface area (TPSA) is 44.9 Å². The number of thiophene rings is 1. The van der Waals surface area contributed by atoms with Gasteiger partial charge in [-0.3, -0.25) is 4.79 Å². The second-order valence-electron chi connectivity index (χ2n) is 5.31. The van der Waals surface area contributed by atoms with Gasteiger partial charge in [-0.1, -0.05) is 18.2 Å². The minimum Gasteiger partial charge on any atom is -0.360 e. The van der Waals surface area contributed by atoms with Crippen molar-refractivity contribution < 1.29 is 4.79 Å². The molecule has 2 heterocycles. The lowest BCUT2D eigenvalue weighted by atomic mass is 10.1. The number of carbonyl (C=O) groups is 1. The van der Waals surface area contributed by atoms with Crippen molar-refractivity contribution in [1.29, 1.82) is 0 Å². The van der Waals surface area contributed by atoms with Crippen LogP contribution in [0.4, 0.5) is 0 Å². The summed E-state index contributed by atoms with van der Waals surface area (Å²) in [6.45, 7) is 6.22. The number of hydrogen-bond acceptors (Lipinski definition) is 2. The third-order valence-corrected chi connectivity index (χ3v) is 4.71. The summed E-state index contributed by atoms with van der Waals surface area (Å²) >= 11 is 1.77. The minimum absolute atomic E-state index is 0.0103. The molecule has 0 saturated carbocycles. The van der Waals surface area contributed by atoms with E-state index in [2.05, 4.69) is 30.2 Å². The lowest BCUT2D eigenvalue weighted by molar-refractivity contribution is 0.0941. The fraction of sp³-hybridized carbons (Fsp3) is 0.235. The van der Waals surface area contributed by atoms with Crippen LogP contribution in [0, 0.1) is 13.8 Å². The van der Waals surface area contributed by atoms with Crippen LogP contribution in [0.15, 0.2) is 36.5 Å². The van der Waals surface area contributed by atoms with Crippen molar-refractivity contribution in [3.8, 4) is 0 Å². The van der Waals surface area contributed by atoms with E-state index in [1.54, 1.807) is 17.5 Å². The van der Waals surface area contributed by atoms with Crippen molar-refractivity contribution in [2.75, 3.05) is 0 Å². The third kappa shape index (κ3) is 2.59. The Morgan fingerprint density at radius 3 is 2.76 bits per heavy atom. The van der Waals surface area contributed by atoms with Crippen molar-refractivity contribution in [3.05, 3.63) is 57.4 Å². The number of rotatable bonds is 3. The van der Waals surface area contributed by atoms with Gasteiger partial charge in [0.1, 0.15) is 0 Å². The number of H-pyrrole nitrogens is 1. The van der Waals surface area contributed by atoms with Crippen LogP contribution >= 0.6 is 11.3 Å². The zero-order valence-electron chi connectivity index (χ0n) is 12.4. The van der Waals surface area contributed by atoms with Gasteiger partial charge in [0, 0.05) is 26.9 Å². The summed E-state index contributed by atoms with van der Waals surface area (Å²) in [5, 5.41) is 4.05. The molecule has 0 bridgehead atoms. The highest BCUT2D eigenvalue weighted by molar-refractivity contribution is 7.12. The molecule has 0 saturated heterocycles. The highest BCUT2D eigenvalue weighted by Gasteiger charge is 2.17. The largest absolute Gasteiger partial charge is 0.360 e. The molecule has 0 aliphatic heterocycles. The van der Waals surface area contributed by atoms with Gasteiger partial charge >= 0.3 is 0 Å². The van der Waals surface area contributed by atoms with E-state index < -0.39 is 0 Å². The average Bonchev–Trinajstić information content (AvgIpc) is 3.01. The van der Waals surface area contributed by atoms with Gasteiger partial charge in [-0.15, -0.1) is 11.3 Å². The molecule has 0 spiro atoms. The summed E-state index contributed by atoms with van der Waals surface area (Å²) in [7, 11) is 0. The van der Waals surface area contributed by atoms with Crippen LogP contribution in [0.25, 0.3) is 10.9 Å². The lowest BCUT2D eigenvalue weighted by Gasteiger charge is -2.13. The number of aryl methyl sites for hydroxylation is 2. The van der Waals surface area contributed by atoms with E-state index in [0.717, 1.165) is 10.9 Å². The SMILES string of the molecule is Cc1cc(C(C)NC(=O)c2c[nH]c3ccccc23)c(C)s1. The van der Waals surface area contributed by atoms with E-state index in [4.69, 9.17) is 0 Å². The number of hydrogen-bond donors (Lipinski definition) is 2. The average molecular weight is 298 g/mol. The van der Waals surface area contributed by atoms with Gasteiger partial charge in [-0.05, 0) is 38.5 Å². The van der Waals surface area contributed by atoms with Crippen molar-refractivity contribution in [3.63, 3.8) is 0 Å².